The summed E-state index contributed by atoms with van der Waals surface area (Å²) in [5.74, 6) is -1.26. The number of likely N-dealkylation sites (N-methyl/N-ethyl adjacent to an activating group) is 1. The van der Waals surface area contributed by atoms with Crippen LogP contribution < -0.4 is 10.5 Å². The molecule has 0 atom stereocenters. The lowest BCUT2D eigenvalue weighted by atomic mass is 10.2. The first-order valence-corrected chi connectivity index (χ1v) is 7.66. The Balaban J connectivity index is 1.68. The summed E-state index contributed by atoms with van der Waals surface area (Å²) in [7, 11) is 2.92. The zero-order valence-electron chi connectivity index (χ0n) is 14.1. The molecule has 3 aromatic rings. The number of carbonyl (C=O) groups excluding carboxylic acids is 1. The van der Waals surface area contributed by atoms with E-state index < -0.39 is 11.6 Å². The monoisotopic (exact) mass is 361 g/mol. The predicted molar refractivity (Wildman–Crippen MR) is 87.9 cm³/mol. The third-order valence-corrected chi connectivity index (χ3v) is 3.68. The van der Waals surface area contributed by atoms with Gasteiger partial charge in [-0.3, -0.25) is 4.79 Å². The number of nitrogens with zero attached hydrogens (tertiary/aromatic N) is 3. The van der Waals surface area contributed by atoms with E-state index in [4.69, 9.17) is 13.6 Å². The number of benzene rings is 1. The van der Waals surface area contributed by atoms with Crippen LogP contribution in [-0.4, -0.2) is 34.7 Å². The van der Waals surface area contributed by atoms with Crippen LogP contribution in [0, 0.1) is 5.82 Å². The molecule has 0 aliphatic carbocycles. The Morgan fingerprint density at radius 2 is 2.19 bits per heavy atom. The van der Waals surface area contributed by atoms with Gasteiger partial charge in [-0.05, 0) is 29.8 Å². The fraction of sp³-hybridized carbons (Fsp3) is 0.235. The van der Waals surface area contributed by atoms with Crippen molar-refractivity contribution >= 4 is 5.91 Å². The summed E-state index contributed by atoms with van der Waals surface area (Å²) >= 11 is 0. The number of ether oxygens (including phenoxy) is 1. The number of hydrogen-bond donors (Lipinski definition) is 0. The van der Waals surface area contributed by atoms with E-state index in [9.17, 15) is 14.0 Å². The number of amides is 1. The Hall–Kier alpha value is -3.36. The first-order chi connectivity index (χ1) is 12.5. The maximum absolute atomic E-state index is 13.7. The quantitative estimate of drug-likeness (QED) is 0.666. The minimum Gasteiger partial charge on any atom is -0.494 e. The molecule has 0 saturated carbocycles. The molecule has 0 aliphatic heterocycles. The van der Waals surface area contributed by atoms with Crippen LogP contribution >= 0.6 is 0 Å². The van der Waals surface area contributed by atoms with E-state index in [0.717, 1.165) is 4.68 Å². The van der Waals surface area contributed by atoms with Crippen molar-refractivity contribution < 1.29 is 22.8 Å². The molecule has 1 amide bonds. The molecular formula is C17H16FN3O5. The van der Waals surface area contributed by atoms with Crippen molar-refractivity contribution in [2.24, 2.45) is 0 Å². The molecule has 136 valence electrons. The molecule has 2 heterocycles. The standard InChI is InChI=1S/C17H16FN3O5/c1-20(9-11-5-6-13(24-2)12(18)8-11)15(22)10-21-17(23)26-16(19-21)14-4-3-7-25-14/h3-8H,9-10H2,1-2H3. The summed E-state index contributed by atoms with van der Waals surface area (Å²) in [6, 6.07) is 7.65. The van der Waals surface area contributed by atoms with Crippen LogP contribution in [0.3, 0.4) is 0 Å². The molecule has 1 aromatic carbocycles. The molecule has 0 fully saturated rings. The molecular weight excluding hydrogens is 345 g/mol. The molecule has 3 rings (SSSR count). The van der Waals surface area contributed by atoms with Gasteiger partial charge in [0.2, 0.25) is 5.91 Å². The normalized spacial score (nSPS) is 10.7. The summed E-state index contributed by atoms with van der Waals surface area (Å²) in [6.45, 7) is -0.143. The molecule has 0 aliphatic rings. The van der Waals surface area contributed by atoms with Gasteiger partial charge < -0.3 is 18.5 Å². The van der Waals surface area contributed by atoms with Gasteiger partial charge in [0, 0.05) is 13.6 Å². The molecule has 0 saturated heterocycles. The summed E-state index contributed by atoms with van der Waals surface area (Å²) in [4.78, 5) is 25.5. The largest absolute Gasteiger partial charge is 0.494 e. The van der Waals surface area contributed by atoms with Gasteiger partial charge in [0.25, 0.3) is 5.89 Å². The molecule has 8 nitrogen and oxygen atoms in total. The topological polar surface area (TPSA) is 90.7 Å². The second-order valence-corrected chi connectivity index (χ2v) is 5.53. The average molecular weight is 361 g/mol. The summed E-state index contributed by atoms with van der Waals surface area (Å²) in [6.07, 6.45) is 1.42. The fourth-order valence-corrected chi connectivity index (χ4v) is 2.33. The Kier molecular flexibility index (Phi) is 4.87. The van der Waals surface area contributed by atoms with Gasteiger partial charge in [0.1, 0.15) is 6.54 Å². The second-order valence-electron chi connectivity index (χ2n) is 5.53. The van der Waals surface area contributed by atoms with Crippen LogP contribution in [-0.2, 0) is 17.9 Å². The van der Waals surface area contributed by atoms with Crippen LogP contribution in [0.1, 0.15) is 5.56 Å². The SMILES string of the molecule is COc1ccc(CN(C)C(=O)Cn2nc(-c3ccco3)oc2=O)cc1F. The van der Waals surface area contributed by atoms with Crippen molar-refractivity contribution in [2.45, 2.75) is 13.1 Å². The van der Waals surface area contributed by atoms with Crippen LogP contribution in [0.4, 0.5) is 4.39 Å². The smallest absolute Gasteiger partial charge is 0.437 e. The number of aromatic nitrogens is 2. The van der Waals surface area contributed by atoms with Gasteiger partial charge in [-0.1, -0.05) is 6.07 Å². The Bertz CT molecular complexity index is 961. The third-order valence-electron chi connectivity index (χ3n) is 3.68. The van der Waals surface area contributed by atoms with E-state index in [0.29, 0.717) is 5.56 Å². The predicted octanol–water partition coefficient (Wildman–Crippen LogP) is 1.90. The van der Waals surface area contributed by atoms with Gasteiger partial charge in [0.05, 0.1) is 13.4 Å². The summed E-state index contributed by atoms with van der Waals surface area (Å²) < 4.78 is 29.6. The first kappa shape index (κ1) is 17.5. The number of furan rings is 1. The van der Waals surface area contributed by atoms with Crippen molar-refractivity contribution in [3.05, 3.63) is 58.5 Å². The van der Waals surface area contributed by atoms with E-state index in [2.05, 4.69) is 5.10 Å². The second kappa shape index (κ2) is 7.26. The van der Waals surface area contributed by atoms with E-state index in [1.165, 1.54) is 30.4 Å². The van der Waals surface area contributed by atoms with Crippen LogP contribution in [0.2, 0.25) is 0 Å². The molecule has 26 heavy (non-hydrogen) atoms. The van der Waals surface area contributed by atoms with E-state index in [1.54, 1.807) is 25.2 Å². The number of methoxy groups -OCH3 is 1. The van der Waals surface area contributed by atoms with Crippen molar-refractivity contribution in [1.82, 2.24) is 14.7 Å². The Morgan fingerprint density at radius 1 is 1.38 bits per heavy atom. The zero-order valence-corrected chi connectivity index (χ0v) is 14.1. The lowest BCUT2D eigenvalue weighted by Crippen LogP contribution is -2.33. The van der Waals surface area contributed by atoms with Crippen LogP contribution in [0.15, 0.2) is 50.2 Å². The van der Waals surface area contributed by atoms with Crippen molar-refractivity contribution in [3.63, 3.8) is 0 Å². The highest BCUT2D eigenvalue weighted by Crippen LogP contribution is 2.18. The third kappa shape index (κ3) is 3.66. The molecule has 0 unspecified atom stereocenters. The van der Waals surface area contributed by atoms with E-state index in [1.807, 2.05) is 0 Å². The number of rotatable bonds is 6. The molecule has 0 bridgehead atoms. The van der Waals surface area contributed by atoms with E-state index in [-0.39, 0.29) is 36.4 Å². The van der Waals surface area contributed by atoms with Crippen LogP contribution in [0.5, 0.6) is 5.75 Å². The molecule has 2 aromatic heterocycles. The first-order valence-electron chi connectivity index (χ1n) is 7.66. The zero-order chi connectivity index (χ0) is 18.7. The van der Waals surface area contributed by atoms with Gasteiger partial charge in [0.15, 0.2) is 17.3 Å². The van der Waals surface area contributed by atoms with Crippen molar-refractivity contribution in [1.29, 1.82) is 0 Å². The van der Waals surface area contributed by atoms with Gasteiger partial charge >= 0.3 is 5.76 Å². The van der Waals surface area contributed by atoms with Crippen molar-refractivity contribution in [2.75, 3.05) is 14.2 Å². The minimum atomic E-state index is -0.770. The Morgan fingerprint density at radius 3 is 2.85 bits per heavy atom. The highest BCUT2D eigenvalue weighted by molar-refractivity contribution is 5.75. The highest BCUT2D eigenvalue weighted by atomic mass is 19.1. The average Bonchev–Trinajstić information content (AvgIpc) is 3.25. The number of halogens is 1. The lowest BCUT2D eigenvalue weighted by Gasteiger charge is -2.17. The fourth-order valence-electron chi connectivity index (χ4n) is 2.33. The van der Waals surface area contributed by atoms with E-state index >= 15 is 0 Å². The minimum absolute atomic E-state index is 0.00678. The highest BCUT2D eigenvalue weighted by Gasteiger charge is 2.17. The number of hydrogen-bond acceptors (Lipinski definition) is 6. The van der Waals surface area contributed by atoms with Gasteiger partial charge in [-0.15, -0.1) is 5.10 Å². The summed E-state index contributed by atoms with van der Waals surface area (Å²) in [5, 5.41) is 3.94. The lowest BCUT2D eigenvalue weighted by molar-refractivity contribution is -0.131. The maximum Gasteiger partial charge on any atom is 0.437 e. The molecule has 9 heteroatoms. The Labute approximate surface area is 147 Å². The van der Waals surface area contributed by atoms with Gasteiger partial charge in [-0.25, -0.2) is 9.18 Å². The maximum atomic E-state index is 13.7. The van der Waals surface area contributed by atoms with Gasteiger partial charge in [-0.2, -0.15) is 4.68 Å². The van der Waals surface area contributed by atoms with Crippen molar-refractivity contribution in [3.8, 4) is 17.4 Å². The summed E-state index contributed by atoms with van der Waals surface area (Å²) in [5.41, 5.74) is 0.586. The molecule has 0 spiro atoms. The number of carbonyl (C=O) groups is 1. The molecule has 0 N–H and O–H groups in total. The molecule has 0 radical (unpaired) electrons. The van der Waals surface area contributed by atoms with Crippen LogP contribution in [0.25, 0.3) is 11.7 Å².